The number of benzene rings is 1. The SMILES string of the molecule is O=C(NC1CCCC(O)C1)[C@H]1CCCN(S(=O)(=O)c2cc(F)ccc2F)C1. The minimum absolute atomic E-state index is 0.0700. The highest BCUT2D eigenvalue weighted by atomic mass is 32.2. The van der Waals surface area contributed by atoms with Crippen molar-refractivity contribution in [1.82, 2.24) is 9.62 Å². The van der Waals surface area contributed by atoms with E-state index in [2.05, 4.69) is 5.32 Å². The number of hydrogen-bond donors (Lipinski definition) is 2. The van der Waals surface area contributed by atoms with Crippen molar-refractivity contribution >= 4 is 15.9 Å². The fourth-order valence-electron chi connectivity index (χ4n) is 3.80. The molecule has 0 aromatic heterocycles. The Morgan fingerprint density at radius 1 is 1.19 bits per heavy atom. The molecule has 0 bridgehead atoms. The van der Waals surface area contributed by atoms with E-state index in [1.807, 2.05) is 0 Å². The van der Waals surface area contributed by atoms with Gasteiger partial charge in [0.2, 0.25) is 15.9 Å². The first kappa shape index (κ1) is 20.2. The first-order chi connectivity index (χ1) is 12.8. The second-order valence-electron chi connectivity index (χ2n) is 7.30. The van der Waals surface area contributed by atoms with Gasteiger partial charge in [0.1, 0.15) is 16.5 Å². The van der Waals surface area contributed by atoms with Crippen molar-refractivity contribution in [2.75, 3.05) is 13.1 Å². The summed E-state index contributed by atoms with van der Waals surface area (Å²) >= 11 is 0. The first-order valence-corrected chi connectivity index (χ1v) is 10.6. The van der Waals surface area contributed by atoms with Gasteiger partial charge in [-0.1, -0.05) is 0 Å². The molecule has 1 aromatic rings. The Kier molecular flexibility index (Phi) is 6.12. The molecule has 150 valence electrons. The van der Waals surface area contributed by atoms with Gasteiger partial charge in [-0.15, -0.1) is 0 Å². The Bertz CT molecular complexity index is 803. The number of rotatable bonds is 4. The van der Waals surface area contributed by atoms with Gasteiger partial charge in [-0.3, -0.25) is 4.79 Å². The summed E-state index contributed by atoms with van der Waals surface area (Å²) in [6, 6.07) is 2.19. The lowest BCUT2D eigenvalue weighted by Crippen LogP contribution is -2.48. The van der Waals surface area contributed by atoms with Crippen LogP contribution in [0.4, 0.5) is 8.78 Å². The fraction of sp³-hybridized carbons (Fsp3) is 0.611. The van der Waals surface area contributed by atoms with Crippen molar-refractivity contribution in [3.05, 3.63) is 29.8 Å². The van der Waals surface area contributed by atoms with Crippen molar-refractivity contribution in [2.24, 2.45) is 5.92 Å². The molecule has 27 heavy (non-hydrogen) atoms. The molecule has 0 spiro atoms. The van der Waals surface area contributed by atoms with E-state index in [4.69, 9.17) is 0 Å². The van der Waals surface area contributed by atoms with E-state index in [0.717, 1.165) is 35.7 Å². The summed E-state index contributed by atoms with van der Waals surface area (Å²) < 4.78 is 53.8. The predicted octanol–water partition coefficient (Wildman–Crippen LogP) is 1.79. The number of aliphatic hydroxyl groups is 1. The lowest BCUT2D eigenvalue weighted by atomic mass is 9.91. The molecule has 3 rings (SSSR count). The highest BCUT2D eigenvalue weighted by Crippen LogP contribution is 2.27. The summed E-state index contributed by atoms with van der Waals surface area (Å²) in [6.07, 6.45) is 3.39. The number of carbonyl (C=O) groups excluding carboxylic acids is 1. The third-order valence-electron chi connectivity index (χ3n) is 5.26. The molecule has 1 amide bonds. The van der Waals surface area contributed by atoms with Gasteiger partial charge in [0.05, 0.1) is 12.0 Å². The predicted molar refractivity (Wildman–Crippen MR) is 94.2 cm³/mol. The molecule has 1 saturated carbocycles. The highest BCUT2D eigenvalue weighted by Gasteiger charge is 2.35. The average Bonchev–Trinajstić information content (AvgIpc) is 2.63. The summed E-state index contributed by atoms with van der Waals surface area (Å²) in [6.45, 7) is 0.0869. The number of aliphatic hydroxyl groups excluding tert-OH is 1. The quantitative estimate of drug-likeness (QED) is 0.804. The Hall–Kier alpha value is -1.58. The van der Waals surface area contributed by atoms with Crippen LogP contribution in [-0.2, 0) is 14.8 Å². The molecule has 2 N–H and O–H groups in total. The lowest BCUT2D eigenvalue weighted by Gasteiger charge is -2.33. The van der Waals surface area contributed by atoms with Crippen LogP contribution in [0.1, 0.15) is 38.5 Å². The molecule has 6 nitrogen and oxygen atoms in total. The highest BCUT2D eigenvalue weighted by molar-refractivity contribution is 7.89. The summed E-state index contributed by atoms with van der Waals surface area (Å²) in [4.78, 5) is 11.8. The van der Waals surface area contributed by atoms with Gasteiger partial charge in [-0.2, -0.15) is 4.31 Å². The number of nitrogens with one attached hydrogen (secondary N) is 1. The van der Waals surface area contributed by atoms with Crippen molar-refractivity contribution in [3.63, 3.8) is 0 Å². The van der Waals surface area contributed by atoms with Crippen LogP contribution >= 0.6 is 0 Å². The van der Waals surface area contributed by atoms with Crippen molar-refractivity contribution in [2.45, 2.75) is 55.6 Å². The lowest BCUT2D eigenvalue weighted by molar-refractivity contribution is -0.127. The molecule has 2 fully saturated rings. The van der Waals surface area contributed by atoms with E-state index in [9.17, 15) is 27.1 Å². The molecule has 2 aliphatic rings. The van der Waals surface area contributed by atoms with Gasteiger partial charge in [0, 0.05) is 19.1 Å². The number of hydrogen-bond acceptors (Lipinski definition) is 4. The molecule has 1 saturated heterocycles. The Labute approximate surface area is 157 Å². The minimum atomic E-state index is -4.23. The summed E-state index contributed by atoms with van der Waals surface area (Å²) in [7, 11) is -4.23. The van der Waals surface area contributed by atoms with Gasteiger partial charge >= 0.3 is 0 Å². The summed E-state index contributed by atoms with van der Waals surface area (Å²) in [5, 5.41) is 12.6. The van der Waals surface area contributed by atoms with E-state index in [-0.39, 0.29) is 25.0 Å². The van der Waals surface area contributed by atoms with Gasteiger partial charge < -0.3 is 10.4 Å². The zero-order valence-electron chi connectivity index (χ0n) is 14.9. The maximum atomic E-state index is 13.9. The first-order valence-electron chi connectivity index (χ1n) is 9.21. The molecule has 1 aliphatic heterocycles. The summed E-state index contributed by atoms with van der Waals surface area (Å²) in [5.41, 5.74) is 0. The van der Waals surface area contributed by atoms with Gasteiger partial charge in [-0.05, 0) is 56.7 Å². The molecule has 9 heteroatoms. The van der Waals surface area contributed by atoms with Gasteiger partial charge in [-0.25, -0.2) is 17.2 Å². The van der Waals surface area contributed by atoms with Crippen molar-refractivity contribution < 1.29 is 27.1 Å². The molecule has 1 aliphatic carbocycles. The zero-order valence-corrected chi connectivity index (χ0v) is 15.7. The van der Waals surface area contributed by atoms with E-state index in [1.165, 1.54) is 0 Å². The summed E-state index contributed by atoms with van der Waals surface area (Å²) in [5.74, 6) is -2.66. The van der Waals surface area contributed by atoms with Crippen LogP contribution < -0.4 is 5.32 Å². The Balaban J connectivity index is 1.69. The number of carbonyl (C=O) groups is 1. The molecule has 2 unspecified atom stereocenters. The molecule has 3 atom stereocenters. The van der Waals surface area contributed by atoms with E-state index >= 15 is 0 Å². The van der Waals surface area contributed by atoms with E-state index in [1.54, 1.807) is 0 Å². The van der Waals surface area contributed by atoms with E-state index < -0.39 is 38.6 Å². The van der Waals surface area contributed by atoms with Crippen molar-refractivity contribution in [1.29, 1.82) is 0 Å². The normalized spacial score (nSPS) is 27.3. The monoisotopic (exact) mass is 402 g/mol. The van der Waals surface area contributed by atoms with Crippen LogP contribution in [0.5, 0.6) is 0 Å². The van der Waals surface area contributed by atoms with Crippen LogP contribution in [0.2, 0.25) is 0 Å². The van der Waals surface area contributed by atoms with Gasteiger partial charge in [0.25, 0.3) is 0 Å². The van der Waals surface area contributed by atoms with E-state index in [0.29, 0.717) is 25.3 Å². The Morgan fingerprint density at radius 3 is 2.70 bits per heavy atom. The van der Waals surface area contributed by atoms with Gasteiger partial charge in [0.15, 0.2) is 0 Å². The zero-order chi connectivity index (χ0) is 19.6. The maximum Gasteiger partial charge on any atom is 0.246 e. The largest absolute Gasteiger partial charge is 0.393 e. The van der Waals surface area contributed by atoms with Crippen LogP contribution in [0.3, 0.4) is 0 Å². The average molecular weight is 402 g/mol. The second kappa shape index (κ2) is 8.20. The minimum Gasteiger partial charge on any atom is -0.393 e. The molecular formula is C18H24F2N2O4S. The number of halogens is 2. The number of sulfonamides is 1. The topological polar surface area (TPSA) is 86.7 Å². The molecular weight excluding hydrogens is 378 g/mol. The third kappa shape index (κ3) is 4.64. The number of piperidine rings is 1. The third-order valence-corrected chi connectivity index (χ3v) is 7.14. The standard InChI is InChI=1S/C18H24F2N2O4S/c19-13-6-7-16(20)17(9-13)27(25,26)22-8-2-3-12(11-22)18(24)21-14-4-1-5-15(23)10-14/h6-7,9,12,14-15,23H,1-5,8,10-11H2,(H,21,24)/t12-,14?,15?/m0/s1. The molecule has 1 aromatic carbocycles. The molecule has 1 heterocycles. The van der Waals surface area contributed by atoms with Crippen molar-refractivity contribution in [3.8, 4) is 0 Å². The van der Waals surface area contributed by atoms with Crippen LogP contribution in [0, 0.1) is 17.6 Å². The Morgan fingerprint density at radius 2 is 1.96 bits per heavy atom. The van der Waals surface area contributed by atoms with Crippen LogP contribution in [0.15, 0.2) is 23.1 Å². The number of nitrogens with zero attached hydrogens (tertiary/aromatic N) is 1. The van der Waals surface area contributed by atoms with Crippen LogP contribution in [0.25, 0.3) is 0 Å². The second-order valence-corrected chi connectivity index (χ2v) is 9.21. The van der Waals surface area contributed by atoms with Crippen LogP contribution in [-0.4, -0.2) is 49.0 Å². The molecule has 0 radical (unpaired) electrons. The number of amides is 1. The fourth-order valence-corrected chi connectivity index (χ4v) is 5.40. The maximum absolute atomic E-state index is 13.9. The smallest absolute Gasteiger partial charge is 0.246 e.